The van der Waals surface area contributed by atoms with Gasteiger partial charge >= 0.3 is 6.03 Å². The molecule has 0 radical (unpaired) electrons. The van der Waals surface area contributed by atoms with E-state index < -0.39 is 11.8 Å². The van der Waals surface area contributed by atoms with Gasteiger partial charge in [0.05, 0.1) is 15.2 Å². The van der Waals surface area contributed by atoms with Crippen molar-refractivity contribution >= 4 is 56.5 Å². The molecule has 0 bridgehead atoms. The molecule has 0 aliphatic rings. The van der Waals surface area contributed by atoms with Gasteiger partial charge in [0, 0.05) is 10.7 Å². The third-order valence-corrected chi connectivity index (χ3v) is 3.86. The van der Waals surface area contributed by atoms with Gasteiger partial charge in [-0.05, 0) is 58.7 Å². The number of benzene rings is 2. The van der Waals surface area contributed by atoms with Crippen LogP contribution >= 0.6 is 39.1 Å². The van der Waals surface area contributed by atoms with Crippen molar-refractivity contribution in [2.75, 3.05) is 10.6 Å². The summed E-state index contributed by atoms with van der Waals surface area (Å²) in [6, 6.07) is 6.99. The second kappa shape index (κ2) is 6.64. The van der Waals surface area contributed by atoms with Gasteiger partial charge < -0.3 is 10.6 Å². The molecule has 0 fully saturated rings. The Labute approximate surface area is 139 Å². The number of hydrogen-bond acceptors (Lipinski definition) is 1. The summed E-state index contributed by atoms with van der Waals surface area (Å²) in [6.07, 6.45) is 0. The van der Waals surface area contributed by atoms with Crippen molar-refractivity contribution in [2.45, 2.75) is 6.92 Å². The molecule has 0 atom stereocenters. The van der Waals surface area contributed by atoms with Crippen LogP contribution in [-0.2, 0) is 0 Å². The van der Waals surface area contributed by atoms with Gasteiger partial charge in [-0.2, -0.15) is 0 Å². The molecule has 21 heavy (non-hydrogen) atoms. The average molecular weight is 392 g/mol. The highest BCUT2D eigenvalue weighted by atomic mass is 79.9. The molecule has 0 heterocycles. The molecule has 0 unspecified atom stereocenters. The summed E-state index contributed by atoms with van der Waals surface area (Å²) >= 11 is 14.9. The molecule has 0 saturated carbocycles. The predicted molar refractivity (Wildman–Crippen MR) is 87.9 cm³/mol. The Hall–Kier alpha value is -1.30. The minimum Gasteiger partial charge on any atom is -0.307 e. The Morgan fingerprint density at radius 3 is 2.52 bits per heavy atom. The topological polar surface area (TPSA) is 41.1 Å². The van der Waals surface area contributed by atoms with E-state index in [1.54, 1.807) is 25.1 Å². The number of carbonyl (C=O) groups is 1. The Morgan fingerprint density at radius 1 is 1.14 bits per heavy atom. The Kier molecular flexibility index (Phi) is 5.08. The largest absolute Gasteiger partial charge is 0.323 e. The summed E-state index contributed by atoms with van der Waals surface area (Å²) < 4.78 is 13.8. The highest BCUT2D eigenvalue weighted by Gasteiger charge is 2.10. The number of halogens is 4. The smallest absolute Gasteiger partial charge is 0.307 e. The zero-order valence-electron chi connectivity index (χ0n) is 10.8. The first kappa shape index (κ1) is 16.1. The number of hydrogen-bond donors (Lipinski definition) is 2. The van der Waals surface area contributed by atoms with E-state index in [1.165, 1.54) is 12.1 Å². The van der Waals surface area contributed by atoms with Crippen LogP contribution in [0.2, 0.25) is 10.0 Å². The molecule has 2 aromatic rings. The first-order valence-corrected chi connectivity index (χ1v) is 7.40. The van der Waals surface area contributed by atoms with Gasteiger partial charge in [-0.1, -0.05) is 23.2 Å². The minimum absolute atomic E-state index is 0.337. The van der Waals surface area contributed by atoms with Crippen LogP contribution in [0.5, 0.6) is 0 Å². The molecule has 110 valence electrons. The Balaban J connectivity index is 2.15. The lowest BCUT2D eigenvalue weighted by molar-refractivity contribution is 0.262. The minimum atomic E-state index is -0.538. The van der Waals surface area contributed by atoms with Crippen LogP contribution in [0.25, 0.3) is 0 Å². The maximum absolute atomic E-state index is 13.5. The van der Waals surface area contributed by atoms with Crippen molar-refractivity contribution in [1.82, 2.24) is 0 Å². The second-order valence-electron chi connectivity index (χ2n) is 4.28. The zero-order chi connectivity index (χ0) is 15.6. The molecule has 0 spiro atoms. The molecule has 3 nitrogen and oxygen atoms in total. The summed E-state index contributed by atoms with van der Waals surface area (Å²) in [6.45, 7) is 1.76. The summed E-state index contributed by atoms with van der Waals surface area (Å²) in [5, 5.41) is 5.92. The molecular weight excluding hydrogens is 382 g/mol. The van der Waals surface area contributed by atoms with Gasteiger partial charge in [-0.3, -0.25) is 0 Å². The highest BCUT2D eigenvalue weighted by Crippen LogP contribution is 2.27. The van der Waals surface area contributed by atoms with E-state index in [2.05, 4.69) is 26.6 Å². The van der Waals surface area contributed by atoms with Crippen molar-refractivity contribution in [3.8, 4) is 0 Å². The molecule has 0 aliphatic carbocycles. The van der Waals surface area contributed by atoms with Crippen molar-refractivity contribution in [3.05, 3.63) is 56.2 Å². The van der Waals surface area contributed by atoms with E-state index in [-0.39, 0.29) is 0 Å². The number of aryl methyl sites for hydroxylation is 1. The Morgan fingerprint density at radius 2 is 1.81 bits per heavy atom. The summed E-state index contributed by atoms with van der Waals surface area (Å²) in [7, 11) is 0. The maximum Gasteiger partial charge on any atom is 0.323 e. The third-order valence-electron chi connectivity index (χ3n) is 2.69. The monoisotopic (exact) mass is 390 g/mol. The number of nitrogens with one attached hydrogen (secondary N) is 2. The van der Waals surface area contributed by atoms with Gasteiger partial charge in [-0.15, -0.1) is 0 Å². The molecule has 2 rings (SSSR count). The van der Waals surface area contributed by atoms with Crippen LogP contribution < -0.4 is 10.6 Å². The van der Waals surface area contributed by atoms with Gasteiger partial charge in [0.2, 0.25) is 0 Å². The molecule has 7 heteroatoms. The van der Waals surface area contributed by atoms with E-state index in [4.69, 9.17) is 23.2 Å². The van der Waals surface area contributed by atoms with Crippen molar-refractivity contribution in [2.24, 2.45) is 0 Å². The lowest BCUT2D eigenvalue weighted by Gasteiger charge is -2.12. The maximum atomic E-state index is 13.5. The van der Waals surface area contributed by atoms with E-state index in [9.17, 15) is 9.18 Å². The number of anilines is 2. The van der Waals surface area contributed by atoms with E-state index >= 15 is 0 Å². The van der Waals surface area contributed by atoms with Crippen LogP contribution in [0.4, 0.5) is 20.6 Å². The summed E-state index contributed by atoms with van der Waals surface area (Å²) in [5.74, 6) is -0.461. The van der Waals surface area contributed by atoms with Crippen LogP contribution in [0.3, 0.4) is 0 Å². The molecule has 0 aliphatic heterocycles. The number of amides is 2. The molecule has 0 aromatic heterocycles. The van der Waals surface area contributed by atoms with Crippen molar-refractivity contribution in [1.29, 1.82) is 0 Å². The third kappa shape index (κ3) is 4.09. The zero-order valence-corrected chi connectivity index (χ0v) is 13.9. The summed E-state index contributed by atoms with van der Waals surface area (Å²) in [4.78, 5) is 11.9. The SMILES string of the molecule is Cc1cc(Br)c(F)cc1NC(=O)Nc1cc(Cl)ccc1Cl. The first-order chi connectivity index (χ1) is 9.86. The van der Waals surface area contributed by atoms with E-state index in [0.717, 1.165) is 5.56 Å². The van der Waals surface area contributed by atoms with Crippen molar-refractivity contribution < 1.29 is 9.18 Å². The van der Waals surface area contributed by atoms with Gasteiger partial charge in [0.1, 0.15) is 5.82 Å². The predicted octanol–water partition coefficient (Wildman–Crippen LogP) is 5.85. The first-order valence-electron chi connectivity index (χ1n) is 5.85. The number of carbonyl (C=O) groups excluding carboxylic acids is 1. The molecule has 2 aromatic carbocycles. The standard InChI is InChI=1S/C14H10BrCl2FN2O/c1-7-4-9(15)11(18)6-12(7)19-14(21)20-13-5-8(16)2-3-10(13)17/h2-6H,1H3,(H2,19,20,21). The second-order valence-corrected chi connectivity index (χ2v) is 5.98. The molecule has 2 amide bonds. The normalized spacial score (nSPS) is 10.3. The van der Waals surface area contributed by atoms with Gasteiger partial charge in [-0.25, -0.2) is 9.18 Å². The van der Waals surface area contributed by atoms with Crippen LogP contribution in [-0.4, -0.2) is 6.03 Å². The van der Waals surface area contributed by atoms with Crippen molar-refractivity contribution in [3.63, 3.8) is 0 Å². The van der Waals surface area contributed by atoms with Crippen LogP contribution in [0, 0.1) is 12.7 Å². The molecule has 2 N–H and O–H groups in total. The lowest BCUT2D eigenvalue weighted by Crippen LogP contribution is -2.20. The molecular formula is C14H10BrCl2FN2O. The quantitative estimate of drug-likeness (QED) is 0.662. The van der Waals surface area contributed by atoms with E-state index in [1.807, 2.05) is 0 Å². The fourth-order valence-electron chi connectivity index (χ4n) is 1.65. The molecule has 0 saturated heterocycles. The average Bonchev–Trinajstić information content (AvgIpc) is 2.40. The lowest BCUT2D eigenvalue weighted by atomic mass is 10.2. The fourth-order valence-corrected chi connectivity index (χ4v) is 2.44. The Bertz CT molecular complexity index is 710. The summed E-state index contributed by atoms with van der Waals surface area (Å²) in [5.41, 5.74) is 1.46. The fraction of sp³-hybridized carbons (Fsp3) is 0.0714. The van der Waals surface area contributed by atoms with E-state index in [0.29, 0.717) is 25.9 Å². The van der Waals surface area contributed by atoms with Gasteiger partial charge in [0.25, 0.3) is 0 Å². The highest BCUT2D eigenvalue weighted by molar-refractivity contribution is 9.10. The van der Waals surface area contributed by atoms with Crippen LogP contribution in [0.1, 0.15) is 5.56 Å². The van der Waals surface area contributed by atoms with Crippen LogP contribution in [0.15, 0.2) is 34.8 Å². The number of urea groups is 1. The van der Waals surface area contributed by atoms with Gasteiger partial charge in [0.15, 0.2) is 0 Å². The number of rotatable bonds is 2.